The summed E-state index contributed by atoms with van der Waals surface area (Å²) >= 11 is 0. The van der Waals surface area contributed by atoms with Gasteiger partial charge in [0.15, 0.2) is 6.10 Å². The molecule has 0 aliphatic rings. The quantitative estimate of drug-likeness (QED) is 0.0262. The highest BCUT2D eigenvalue weighted by Crippen LogP contribution is 2.17. The van der Waals surface area contributed by atoms with Crippen LogP contribution < -0.4 is 0 Å². The van der Waals surface area contributed by atoms with Crippen molar-refractivity contribution in [3.8, 4) is 0 Å². The lowest BCUT2D eigenvalue weighted by atomic mass is 10.0. The maximum atomic E-state index is 12.9. The average Bonchev–Trinajstić information content (AvgIpc) is 3.35. The Morgan fingerprint density at radius 2 is 0.565 bits per heavy atom. The van der Waals surface area contributed by atoms with Crippen molar-refractivity contribution in [3.63, 3.8) is 0 Å². The molecule has 1 unspecified atom stereocenters. The highest BCUT2D eigenvalue weighted by molar-refractivity contribution is 5.71. The molecule has 0 saturated heterocycles. The highest BCUT2D eigenvalue weighted by Gasteiger charge is 2.19. The van der Waals surface area contributed by atoms with Gasteiger partial charge in [-0.3, -0.25) is 14.4 Å². The Bertz CT molecular complexity index is 1200. The summed E-state index contributed by atoms with van der Waals surface area (Å²) in [5.74, 6) is -0.889. The SMILES string of the molecule is CC/C=C\C/C=C\C/C=C\CCCCCCCC(=O)OC(COC(=O)CCCCCCC/C=C\CCCCCCCC)COC(=O)CCCCCCCCCCCCCCCCCCCCCCC. The minimum atomic E-state index is -0.784. The summed E-state index contributed by atoms with van der Waals surface area (Å²) in [6.45, 7) is 6.55. The van der Waals surface area contributed by atoms with Crippen molar-refractivity contribution in [2.45, 2.75) is 322 Å². The summed E-state index contributed by atoms with van der Waals surface area (Å²) in [5.41, 5.74) is 0. The Kier molecular flexibility index (Phi) is 55.7. The van der Waals surface area contributed by atoms with Gasteiger partial charge in [0.2, 0.25) is 0 Å². The van der Waals surface area contributed by atoms with E-state index in [0.717, 1.165) is 103 Å². The zero-order valence-corrected chi connectivity index (χ0v) is 46.1. The van der Waals surface area contributed by atoms with Gasteiger partial charge in [-0.1, -0.05) is 268 Å². The predicted molar refractivity (Wildman–Crippen MR) is 298 cm³/mol. The van der Waals surface area contributed by atoms with Crippen LogP contribution in [0.2, 0.25) is 0 Å². The van der Waals surface area contributed by atoms with Crippen LogP contribution in [0.1, 0.15) is 316 Å². The normalized spacial score (nSPS) is 12.3. The van der Waals surface area contributed by atoms with Crippen LogP contribution in [0.25, 0.3) is 0 Å². The molecule has 0 bridgehead atoms. The van der Waals surface area contributed by atoms with Gasteiger partial charge in [0, 0.05) is 19.3 Å². The molecule has 0 radical (unpaired) electrons. The maximum absolute atomic E-state index is 12.9. The first-order valence-electron chi connectivity index (χ1n) is 30.1. The third-order valence-corrected chi connectivity index (χ3v) is 13.3. The van der Waals surface area contributed by atoms with Gasteiger partial charge in [-0.25, -0.2) is 0 Å². The number of hydrogen-bond donors (Lipinski definition) is 0. The van der Waals surface area contributed by atoms with E-state index >= 15 is 0 Å². The molecule has 69 heavy (non-hydrogen) atoms. The average molecular weight is 968 g/mol. The second kappa shape index (κ2) is 57.9. The molecule has 0 aliphatic carbocycles. The molecule has 0 aromatic rings. The number of ether oxygens (including phenoxy) is 3. The van der Waals surface area contributed by atoms with E-state index in [0.29, 0.717) is 19.3 Å². The number of rotatable bonds is 55. The predicted octanol–water partition coefficient (Wildman–Crippen LogP) is 20.2. The minimum Gasteiger partial charge on any atom is -0.462 e. The Morgan fingerprint density at radius 3 is 0.899 bits per heavy atom. The van der Waals surface area contributed by atoms with E-state index in [4.69, 9.17) is 14.2 Å². The molecule has 0 spiro atoms. The molecule has 0 saturated carbocycles. The Balaban J connectivity index is 4.32. The fraction of sp³-hybridized carbons (Fsp3) is 0.825. The molecular weight excluding hydrogens is 853 g/mol. The topological polar surface area (TPSA) is 78.9 Å². The first-order chi connectivity index (χ1) is 34.0. The fourth-order valence-electron chi connectivity index (χ4n) is 8.81. The Labute approximate surface area is 428 Å². The first-order valence-corrected chi connectivity index (χ1v) is 30.1. The van der Waals surface area contributed by atoms with E-state index < -0.39 is 6.10 Å². The largest absolute Gasteiger partial charge is 0.462 e. The third kappa shape index (κ3) is 56.2. The fourth-order valence-corrected chi connectivity index (χ4v) is 8.81. The summed E-state index contributed by atoms with van der Waals surface area (Å²) in [7, 11) is 0. The van der Waals surface area contributed by atoms with Crippen molar-refractivity contribution < 1.29 is 28.6 Å². The van der Waals surface area contributed by atoms with Crippen LogP contribution in [0.3, 0.4) is 0 Å². The molecule has 0 aromatic carbocycles. The monoisotopic (exact) mass is 967 g/mol. The van der Waals surface area contributed by atoms with E-state index in [2.05, 4.69) is 69.4 Å². The van der Waals surface area contributed by atoms with Crippen molar-refractivity contribution in [2.24, 2.45) is 0 Å². The molecule has 6 heteroatoms. The van der Waals surface area contributed by atoms with E-state index in [9.17, 15) is 14.4 Å². The standard InChI is InChI=1S/C63H114O6/c1-4-7-10-13-16-19-22-25-28-29-30-31-32-33-36-38-41-44-47-50-53-56-62(65)68-59-60(69-63(66)57-54-51-48-45-42-39-35-27-24-21-18-15-12-9-6-3)58-67-61(64)55-52-49-46-43-40-37-34-26-23-20-17-14-11-8-5-2/h9,12,18,21,26-27,34-35,60H,4-8,10-11,13-17,19-20,22-25,28-33,36-59H2,1-3H3/b12-9-,21-18-,34-26-,35-27-. The molecular formula is C63H114O6. The van der Waals surface area contributed by atoms with Crippen LogP contribution in [0, 0.1) is 0 Å². The van der Waals surface area contributed by atoms with E-state index in [-0.39, 0.29) is 31.1 Å². The summed E-state index contributed by atoms with van der Waals surface area (Å²) in [6, 6.07) is 0. The lowest BCUT2D eigenvalue weighted by Gasteiger charge is -2.18. The molecule has 0 aromatic heterocycles. The number of carbonyl (C=O) groups is 3. The highest BCUT2D eigenvalue weighted by atomic mass is 16.6. The smallest absolute Gasteiger partial charge is 0.306 e. The third-order valence-electron chi connectivity index (χ3n) is 13.3. The zero-order valence-electron chi connectivity index (χ0n) is 46.1. The molecule has 402 valence electrons. The number of allylic oxidation sites excluding steroid dienone is 8. The van der Waals surface area contributed by atoms with Crippen LogP contribution >= 0.6 is 0 Å². The minimum absolute atomic E-state index is 0.0796. The van der Waals surface area contributed by atoms with Crippen molar-refractivity contribution in [1.29, 1.82) is 0 Å². The molecule has 0 heterocycles. The van der Waals surface area contributed by atoms with Gasteiger partial charge in [-0.2, -0.15) is 0 Å². The summed E-state index contributed by atoms with van der Waals surface area (Å²) in [5, 5.41) is 0. The van der Waals surface area contributed by atoms with E-state index in [1.54, 1.807) is 0 Å². The maximum Gasteiger partial charge on any atom is 0.306 e. The van der Waals surface area contributed by atoms with Crippen molar-refractivity contribution in [1.82, 2.24) is 0 Å². The van der Waals surface area contributed by atoms with Crippen LogP contribution in [0.5, 0.6) is 0 Å². The van der Waals surface area contributed by atoms with Crippen LogP contribution in [0.15, 0.2) is 48.6 Å². The lowest BCUT2D eigenvalue weighted by Crippen LogP contribution is -2.30. The summed E-state index contributed by atoms with van der Waals surface area (Å²) in [6.07, 6.45) is 71.1. The van der Waals surface area contributed by atoms with Gasteiger partial charge >= 0.3 is 17.9 Å². The van der Waals surface area contributed by atoms with Crippen molar-refractivity contribution >= 4 is 17.9 Å². The summed E-state index contributed by atoms with van der Waals surface area (Å²) < 4.78 is 16.9. The van der Waals surface area contributed by atoms with Gasteiger partial charge in [0.25, 0.3) is 0 Å². The zero-order chi connectivity index (χ0) is 50.0. The second-order valence-corrected chi connectivity index (χ2v) is 20.2. The molecule has 0 amide bonds. The van der Waals surface area contributed by atoms with Crippen LogP contribution in [-0.2, 0) is 28.6 Å². The van der Waals surface area contributed by atoms with Crippen molar-refractivity contribution in [3.05, 3.63) is 48.6 Å². The summed E-state index contributed by atoms with van der Waals surface area (Å²) in [4.78, 5) is 38.2. The van der Waals surface area contributed by atoms with Gasteiger partial charge < -0.3 is 14.2 Å². The van der Waals surface area contributed by atoms with Gasteiger partial charge in [0.1, 0.15) is 13.2 Å². The number of carbonyl (C=O) groups excluding carboxylic acids is 3. The molecule has 0 fully saturated rings. The van der Waals surface area contributed by atoms with E-state index in [1.807, 2.05) is 0 Å². The number of esters is 3. The van der Waals surface area contributed by atoms with E-state index in [1.165, 1.54) is 173 Å². The lowest BCUT2D eigenvalue weighted by molar-refractivity contribution is -0.167. The molecule has 6 nitrogen and oxygen atoms in total. The van der Waals surface area contributed by atoms with Crippen molar-refractivity contribution in [2.75, 3.05) is 13.2 Å². The van der Waals surface area contributed by atoms with Crippen LogP contribution in [0.4, 0.5) is 0 Å². The molecule has 0 aliphatic heterocycles. The Hall–Kier alpha value is -2.63. The second-order valence-electron chi connectivity index (χ2n) is 20.2. The molecule has 0 N–H and O–H groups in total. The van der Waals surface area contributed by atoms with Gasteiger partial charge in [0.05, 0.1) is 0 Å². The van der Waals surface area contributed by atoms with Gasteiger partial charge in [-0.05, 0) is 77.0 Å². The first kappa shape index (κ1) is 66.4. The molecule has 1 atom stereocenters. The Morgan fingerprint density at radius 1 is 0.304 bits per heavy atom. The molecule has 0 rings (SSSR count). The van der Waals surface area contributed by atoms with Crippen LogP contribution in [-0.4, -0.2) is 37.2 Å². The number of hydrogen-bond acceptors (Lipinski definition) is 6. The number of unbranched alkanes of at least 4 members (excludes halogenated alkanes) is 36. The van der Waals surface area contributed by atoms with Gasteiger partial charge in [-0.15, -0.1) is 0 Å².